The molecule has 2 amide bonds. The van der Waals surface area contributed by atoms with E-state index < -0.39 is 0 Å². The van der Waals surface area contributed by atoms with E-state index in [2.05, 4.69) is 5.32 Å². The zero-order valence-corrected chi connectivity index (χ0v) is 12.5. The fourth-order valence-corrected chi connectivity index (χ4v) is 2.44. The number of hydrogen-bond acceptors (Lipinski definition) is 5. The molecule has 0 saturated carbocycles. The van der Waals surface area contributed by atoms with Crippen LogP contribution in [0.3, 0.4) is 0 Å². The second-order valence-corrected chi connectivity index (χ2v) is 4.85. The van der Waals surface area contributed by atoms with Gasteiger partial charge in [-0.15, -0.1) is 0 Å². The summed E-state index contributed by atoms with van der Waals surface area (Å²) in [5.74, 6) is 1.04. The predicted molar refractivity (Wildman–Crippen MR) is 77.3 cm³/mol. The topological polar surface area (TPSA) is 67.9 Å². The first kappa shape index (κ1) is 15.3. The largest absolute Gasteiger partial charge is 0.493 e. The van der Waals surface area contributed by atoms with Crippen LogP contribution in [-0.2, 0) is 9.59 Å². The number of hydrogen-bond donors (Lipinski definition) is 1. The summed E-state index contributed by atoms with van der Waals surface area (Å²) in [6.07, 6.45) is 0.613. The highest BCUT2D eigenvalue weighted by Crippen LogP contribution is 2.30. The first-order chi connectivity index (χ1) is 10.1. The molecule has 0 radical (unpaired) electrons. The Kier molecular flexibility index (Phi) is 4.80. The fraction of sp³-hybridized carbons (Fsp3) is 0.467. The third-order valence-electron chi connectivity index (χ3n) is 3.68. The van der Waals surface area contributed by atoms with Gasteiger partial charge in [0, 0.05) is 19.4 Å². The molecular weight excluding hydrogens is 272 g/mol. The molecule has 1 aromatic rings. The van der Waals surface area contributed by atoms with Crippen LogP contribution in [0.4, 0.5) is 0 Å². The smallest absolute Gasteiger partial charge is 0.229 e. The number of carbonyl (C=O) groups is 2. The number of nitrogens with one attached hydrogen (secondary N) is 1. The molecule has 0 spiro atoms. The van der Waals surface area contributed by atoms with Crippen molar-refractivity contribution in [2.75, 3.05) is 27.8 Å². The summed E-state index contributed by atoms with van der Waals surface area (Å²) < 4.78 is 10.5. The summed E-state index contributed by atoms with van der Waals surface area (Å²) in [6.45, 7) is 0.323. The molecule has 1 N–H and O–H groups in total. The molecule has 0 bridgehead atoms. The predicted octanol–water partition coefficient (Wildman–Crippen LogP) is 1.11. The molecule has 6 nitrogen and oxygen atoms in total. The molecule has 21 heavy (non-hydrogen) atoms. The number of ether oxygens (including phenoxy) is 2. The van der Waals surface area contributed by atoms with E-state index in [4.69, 9.17) is 9.47 Å². The van der Waals surface area contributed by atoms with E-state index in [1.165, 1.54) is 4.90 Å². The summed E-state index contributed by atoms with van der Waals surface area (Å²) in [4.78, 5) is 24.8. The molecule has 1 aliphatic rings. The van der Waals surface area contributed by atoms with Crippen molar-refractivity contribution in [2.45, 2.75) is 18.9 Å². The number of nitrogens with zero attached hydrogens (tertiary/aromatic N) is 1. The third-order valence-corrected chi connectivity index (χ3v) is 3.68. The van der Waals surface area contributed by atoms with E-state index in [-0.39, 0.29) is 17.9 Å². The minimum Gasteiger partial charge on any atom is -0.493 e. The van der Waals surface area contributed by atoms with Crippen molar-refractivity contribution in [3.05, 3.63) is 23.8 Å². The third kappa shape index (κ3) is 3.16. The quantitative estimate of drug-likeness (QED) is 0.796. The van der Waals surface area contributed by atoms with Gasteiger partial charge in [-0.1, -0.05) is 6.07 Å². The maximum Gasteiger partial charge on any atom is 0.229 e. The summed E-state index contributed by atoms with van der Waals surface area (Å²) >= 11 is 0. The lowest BCUT2D eigenvalue weighted by atomic mass is 10.1. The van der Waals surface area contributed by atoms with Gasteiger partial charge in [-0.3, -0.25) is 14.5 Å². The van der Waals surface area contributed by atoms with Crippen molar-refractivity contribution in [2.24, 2.45) is 0 Å². The van der Waals surface area contributed by atoms with Gasteiger partial charge in [-0.05, 0) is 24.7 Å². The number of likely N-dealkylation sites (tertiary alicyclic amines) is 1. The summed E-state index contributed by atoms with van der Waals surface area (Å²) in [5.41, 5.74) is 0.933. The van der Waals surface area contributed by atoms with Crippen LogP contribution in [0.2, 0.25) is 0 Å². The monoisotopic (exact) mass is 292 g/mol. The number of likely N-dealkylation sites (N-methyl/N-ethyl adjacent to an activating group) is 1. The molecule has 1 aliphatic heterocycles. The van der Waals surface area contributed by atoms with Crippen molar-refractivity contribution < 1.29 is 19.1 Å². The van der Waals surface area contributed by atoms with E-state index >= 15 is 0 Å². The minimum absolute atomic E-state index is 0.110. The van der Waals surface area contributed by atoms with Crippen LogP contribution in [0, 0.1) is 0 Å². The Morgan fingerprint density at radius 1 is 1.14 bits per heavy atom. The van der Waals surface area contributed by atoms with Crippen molar-refractivity contribution in [1.82, 2.24) is 10.2 Å². The molecule has 1 atom stereocenters. The van der Waals surface area contributed by atoms with Crippen molar-refractivity contribution in [1.29, 1.82) is 0 Å². The lowest BCUT2D eigenvalue weighted by Crippen LogP contribution is -2.37. The Hall–Kier alpha value is -2.08. The first-order valence-electron chi connectivity index (χ1n) is 6.83. The molecule has 1 unspecified atom stereocenters. The summed E-state index contributed by atoms with van der Waals surface area (Å²) in [5, 5.41) is 3.13. The number of rotatable bonds is 6. The molecule has 6 heteroatoms. The van der Waals surface area contributed by atoms with Gasteiger partial charge in [-0.2, -0.15) is 0 Å². The van der Waals surface area contributed by atoms with E-state index in [1.807, 2.05) is 18.2 Å². The van der Waals surface area contributed by atoms with Gasteiger partial charge in [0.15, 0.2) is 11.5 Å². The Morgan fingerprint density at radius 3 is 2.29 bits per heavy atom. The minimum atomic E-state index is -0.143. The SMILES string of the molecule is CNC(CN1C(=O)CCC1=O)c1ccc(OC)c(OC)c1. The Balaban J connectivity index is 2.21. The van der Waals surface area contributed by atoms with Crippen LogP contribution in [-0.4, -0.2) is 44.5 Å². The molecule has 0 aromatic heterocycles. The second kappa shape index (κ2) is 6.58. The number of benzene rings is 1. The van der Waals surface area contributed by atoms with E-state index in [1.54, 1.807) is 21.3 Å². The lowest BCUT2D eigenvalue weighted by molar-refractivity contribution is -0.138. The number of carbonyl (C=O) groups excluding carboxylic acids is 2. The second-order valence-electron chi connectivity index (χ2n) is 4.85. The Labute approximate surface area is 124 Å². The van der Waals surface area contributed by atoms with Gasteiger partial charge in [-0.25, -0.2) is 0 Å². The van der Waals surface area contributed by atoms with Crippen molar-refractivity contribution in [3.63, 3.8) is 0 Å². The molecule has 1 fully saturated rings. The average Bonchev–Trinajstić information content (AvgIpc) is 2.83. The molecule has 1 aromatic carbocycles. The highest BCUT2D eigenvalue weighted by molar-refractivity contribution is 6.01. The molecule has 1 saturated heterocycles. The standard InChI is InChI=1S/C15H20N2O4/c1-16-11(9-17-14(18)6-7-15(17)19)10-4-5-12(20-2)13(8-10)21-3/h4-5,8,11,16H,6-7,9H2,1-3H3. The zero-order valence-electron chi connectivity index (χ0n) is 12.5. The molecule has 114 valence electrons. The van der Waals surface area contributed by atoms with Crippen LogP contribution in [0.5, 0.6) is 11.5 Å². The van der Waals surface area contributed by atoms with Gasteiger partial charge in [0.25, 0.3) is 0 Å². The normalized spacial score (nSPS) is 16.2. The molecule has 1 heterocycles. The van der Waals surface area contributed by atoms with Gasteiger partial charge in [0.1, 0.15) is 0 Å². The molecular formula is C15H20N2O4. The molecule has 0 aliphatic carbocycles. The van der Waals surface area contributed by atoms with Gasteiger partial charge >= 0.3 is 0 Å². The Bertz CT molecular complexity index is 528. The lowest BCUT2D eigenvalue weighted by Gasteiger charge is -2.23. The molecule has 2 rings (SSSR count). The van der Waals surface area contributed by atoms with E-state index in [0.717, 1.165) is 5.56 Å². The summed E-state index contributed by atoms with van der Waals surface area (Å²) in [7, 11) is 4.95. The highest BCUT2D eigenvalue weighted by atomic mass is 16.5. The summed E-state index contributed by atoms with van der Waals surface area (Å²) in [6, 6.07) is 5.42. The Morgan fingerprint density at radius 2 is 1.76 bits per heavy atom. The average molecular weight is 292 g/mol. The van der Waals surface area contributed by atoms with Crippen LogP contribution in [0.25, 0.3) is 0 Å². The van der Waals surface area contributed by atoms with Crippen LogP contribution < -0.4 is 14.8 Å². The van der Waals surface area contributed by atoms with Gasteiger partial charge < -0.3 is 14.8 Å². The van der Waals surface area contributed by atoms with Crippen LogP contribution in [0.1, 0.15) is 24.4 Å². The van der Waals surface area contributed by atoms with Crippen LogP contribution in [0.15, 0.2) is 18.2 Å². The zero-order chi connectivity index (χ0) is 15.4. The maximum absolute atomic E-state index is 11.7. The van der Waals surface area contributed by atoms with Gasteiger partial charge in [0.2, 0.25) is 11.8 Å². The first-order valence-corrected chi connectivity index (χ1v) is 6.83. The maximum atomic E-state index is 11.7. The number of amides is 2. The van der Waals surface area contributed by atoms with Crippen molar-refractivity contribution >= 4 is 11.8 Å². The highest BCUT2D eigenvalue weighted by Gasteiger charge is 2.31. The van der Waals surface area contributed by atoms with E-state index in [0.29, 0.717) is 30.9 Å². The van der Waals surface area contributed by atoms with Crippen LogP contribution >= 0.6 is 0 Å². The van der Waals surface area contributed by atoms with E-state index in [9.17, 15) is 9.59 Å². The van der Waals surface area contributed by atoms with Crippen molar-refractivity contribution in [3.8, 4) is 11.5 Å². The number of methoxy groups -OCH3 is 2. The fourth-order valence-electron chi connectivity index (χ4n) is 2.44. The van der Waals surface area contributed by atoms with Gasteiger partial charge in [0.05, 0.1) is 20.3 Å². The number of imide groups is 1.